The van der Waals surface area contributed by atoms with Crippen molar-refractivity contribution in [3.8, 4) is 0 Å². The molecule has 0 fully saturated rings. The number of hydrogen-bond donors (Lipinski definition) is 2. The lowest BCUT2D eigenvalue weighted by Crippen LogP contribution is -2.51. The normalized spacial score (nSPS) is 13.9. The van der Waals surface area contributed by atoms with Crippen molar-refractivity contribution in [2.45, 2.75) is 45.7 Å². The molecular formula is C12H27N3O. The summed E-state index contributed by atoms with van der Waals surface area (Å²) in [6.45, 7) is 9.88. The van der Waals surface area contributed by atoms with E-state index in [1.807, 2.05) is 34.9 Å². The van der Waals surface area contributed by atoms with E-state index in [0.29, 0.717) is 0 Å². The van der Waals surface area contributed by atoms with Crippen LogP contribution in [0.4, 0.5) is 0 Å². The maximum Gasteiger partial charge on any atom is 0.237 e. The van der Waals surface area contributed by atoms with Crippen LogP contribution in [0.25, 0.3) is 0 Å². The summed E-state index contributed by atoms with van der Waals surface area (Å²) in [5.41, 5.74) is -0.116. The van der Waals surface area contributed by atoms with Crippen LogP contribution in [0.5, 0.6) is 0 Å². The molecule has 0 aromatic heterocycles. The maximum absolute atomic E-state index is 11.9. The number of likely N-dealkylation sites (N-methyl/N-ethyl adjacent to an activating group) is 2. The minimum absolute atomic E-state index is 0.0841. The quantitative estimate of drug-likeness (QED) is 0.680. The first kappa shape index (κ1) is 15.4. The third-order valence-corrected chi connectivity index (χ3v) is 3.10. The predicted octanol–water partition coefficient (Wildman–Crippen LogP) is 0.831. The number of carbonyl (C=O) groups excluding carboxylic acids is 1. The summed E-state index contributed by atoms with van der Waals surface area (Å²) in [6, 6.07) is -0.0841. The molecule has 4 heteroatoms. The maximum atomic E-state index is 11.9. The number of rotatable bonds is 7. The molecule has 4 nitrogen and oxygen atoms in total. The molecule has 0 saturated carbocycles. The van der Waals surface area contributed by atoms with E-state index in [-0.39, 0.29) is 17.5 Å². The lowest BCUT2D eigenvalue weighted by atomic mass is 10.0. The number of nitrogens with zero attached hydrogens (tertiary/aromatic N) is 1. The molecule has 1 unspecified atom stereocenters. The highest BCUT2D eigenvalue weighted by molar-refractivity contribution is 5.81. The summed E-state index contributed by atoms with van der Waals surface area (Å²) in [4.78, 5) is 14.0. The van der Waals surface area contributed by atoms with Crippen LogP contribution in [0, 0.1) is 0 Å². The van der Waals surface area contributed by atoms with Crippen molar-refractivity contribution in [1.29, 1.82) is 0 Å². The second-order valence-electron chi connectivity index (χ2n) is 4.99. The second-order valence-corrected chi connectivity index (χ2v) is 4.99. The summed E-state index contributed by atoms with van der Waals surface area (Å²) in [5.74, 6) is 0.102. The van der Waals surface area contributed by atoms with Crippen LogP contribution >= 0.6 is 0 Å². The van der Waals surface area contributed by atoms with Crippen molar-refractivity contribution in [2.24, 2.45) is 0 Å². The number of nitrogens with one attached hydrogen (secondary N) is 2. The fourth-order valence-electron chi connectivity index (χ4n) is 1.21. The lowest BCUT2D eigenvalue weighted by molar-refractivity contribution is -0.127. The first-order chi connectivity index (χ1) is 7.34. The summed E-state index contributed by atoms with van der Waals surface area (Å²) in [6.07, 6.45) is 0.936. The number of amides is 1. The Morgan fingerprint density at radius 2 is 2.00 bits per heavy atom. The molecule has 2 N–H and O–H groups in total. The zero-order valence-electron chi connectivity index (χ0n) is 11.6. The third-order valence-electron chi connectivity index (χ3n) is 3.10. The summed E-state index contributed by atoms with van der Waals surface area (Å²) < 4.78 is 0. The Morgan fingerprint density at radius 1 is 1.44 bits per heavy atom. The monoisotopic (exact) mass is 229 g/mol. The van der Waals surface area contributed by atoms with Crippen molar-refractivity contribution >= 4 is 5.91 Å². The Labute approximate surface area is 99.8 Å². The molecule has 16 heavy (non-hydrogen) atoms. The molecule has 0 aromatic rings. The first-order valence-electron chi connectivity index (χ1n) is 6.01. The van der Waals surface area contributed by atoms with Crippen molar-refractivity contribution < 1.29 is 4.79 Å². The Kier molecular flexibility index (Phi) is 6.60. The average Bonchev–Trinajstić information content (AvgIpc) is 2.24. The Balaban J connectivity index is 4.17. The van der Waals surface area contributed by atoms with E-state index in [0.717, 1.165) is 19.5 Å². The number of hydrogen-bond acceptors (Lipinski definition) is 3. The van der Waals surface area contributed by atoms with Crippen LogP contribution in [0.1, 0.15) is 34.1 Å². The van der Waals surface area contributed by atoms with Gasteiger partial charge in [-0.05, 0) is 41.3 Å². The third kappa shape index (κ3) is 5.47. The van der Waals surface area contributed by atoms with Gasteiger partial charge < -0.3 is 10.6 Å². The van der Waals surface area contributed by atoms with Crippen molar-refractivity contribution in [2.75, 3.05) is 27.2 Å². The van der Waals surface area contributed by atoms with Gasteiger partial charge in [0.2, 0.25) is 5.91 Å². The molecule has 0 bridgehead atoms. The van der Waals surface area contributed by atoms with Gasteiger partial charge in [0, 0.05) is 18.6 Å². The van der Waals surface area contributed by atoms with Gasteiger partial charge in [0.1, 0.15) is 0 Å². The SMILES string of the molecule is CCC(C)(C)NC(=O)C(C)N(C)CCNC. The van der Waals surface area contributed by atoms with Gasteiger partial charge in [0.05, 0.1) is 6.04 Å². The molecule has 96 valence electrons. The molecule has 0 aliphatic heterocycles. The van der Waals surface area contributed by atoms with Crippen LogP contribution < -0.4 is 10.6 Å². The Morgan fingerprint density at radius 3 is 2.44 bits per heavy atom. The molecule has 1 atom stereocenters. The van der Waals surface area contributed by atoms with Crippen LogP contribution in [-0.2, 0) is 4.79 Å². The van der Waals surface area contributed by atoms with Gasteiger partial charge in [0.15, 0.2) is 0 Å². The summed E-state index contributed by atoms with van der Waals surface area (Å²) >= 11 is 0. The number of carbonyl (C=O) groups is 1. The van der Waals surface area contributed by atoms with E-state index in [1.54, 1.807) is 0 Å². The van der Waals surface area contributed by atoms with Crippen molar-refractivity contribution in [3.05, 3.63) is 0 Å². The van der Waals surface area contributed by atoms with Gasteiger partial charge in [-0.2, -0.15) is 0 Å². The van der Waals surface area contributed by atoms with E-state index < -0.39 is 0 Å². The molecule has 0 aliphatic carbocycles. The standard InChI is InChI=1S/C12H27N3O/c1-7-12(3,4)14-11(16)10(2)15(6)9-8-13-5/h10,13H,7-9H2,1-6H3,(H,14,16). The zero-order valence-corrected chi connectivity index (χ0v) is 11.6. The van der Waals surface area contributed by atoms with Crippen LogP contribution in [0.15, 0.2) is 0 Å². The van der Waals surface area contributed by atoms with E-state index in [1.165, 1.54) is 0 Å². The van der Waals surface area contributed by atoms with E-state index in [4.69, 9.17) is 0 Å². The van der Waals surface area contributed by atoms with Gasteiger partial charge in [-0.1, -0.05) is 6.92 Å². The highest BCUT2D eigenvalue weighted by Gasteiger charge is 2.23. The first-order valence-corrected chi connectivity index (χ1v) is 6.01. The Bertz CT molecular complexity index is 216. The highest BCUT2D eigenvalue weighted by Crippen LogP contribution is 2.08. The van der Waals surface area contributed by atoms with Gasteiger partial charge in [-0.15, -0.1) is 0 Å². The summed E-state index contributed by atoms with van der Waals surface area (Å²) in [5, 5.41) is 6.14. The minimum Gasteiger partial charge on any atom is -0.350 e. The summed E-state index contributed by atoms with van der Waals surface area (Å²) in [7, 11) is 3.89. The zero-order chi connectivity index (χ0) is 12.8. The largest absolute Gasteiger partial charge is 0.350 e. The van der Waals surface area contributed by atoms with E-state index in [9.17, 15) is 4.79 Å². The van der Waals surface area contributed by atoms with Gasteiger partial charge >= 0.3 is 0 Å². The van der Waals surface area contributed by atoms with Crippen LogP contribution in [0.3, 0.4) is 0 Å². The molecule has 0 aliphatic rings. The molecule has 0 aromatic carbocycles. The fourth-order valence-corrected chi connectivity index (χ4v) is 1.21. The predicted molar refractivity (Wildman–Crippen MR) is 68.5 cm³/mol. The molecule has 0 heterocycles. The Hall–Kier alpha value is -0.610. The van der Waals surface area contributed by atoms with Crippen LogP contribution in [-0.4, -0.2) is 49.6 Å². The van der Waals surface area contributed by atoms with Gasteiger partial charge in [-0.3, -0.25) is 9.69 Å². The molecule has 0 saturated heterocycles. The minimum atomic E-state index is -0.116. The van der Waals surface area contributed by atoms with Crippen molar-refractivity contribution in [3.63, 3.8) is 0 Å². The second kappa shape index (κ2) is 6.86. The van der Waals surface area contributed by atoms with E-state index in [2.05, 4.69) is 22.5 Å². The van der Waals surface area contributed by atoms with Crippen LogP contribution in [0.2, 0.25) is 0 Å². The molecule has 0 radical (unpaired) electrons. The van der Waals surface area contributed by atoms with Crippen molar-refractivity contribution in [1.82, 2.24) is 15.5 Å². The fraction of sp³-hybridized carbons (Fsp3) is 0.917. The van der Waals surface area contributed by atoms with Gasteiger partial charge in [-0.25, -0.2) is 0 Å². The topological polar surface area (TPSA) is 44.4 Å². The molecule has 0 spiro atoms. The molecular weight excluding hydrogens is 202 g/mol. The molecule has 1 amide bonds. The highest BCUT2D eigenvalue weighted by atomic mass is 16.2. The van der Waals surface area contributed by atoms with Gasteiger partial charge in [0.25, 0.3) is 0 Å². The van der Waals surface area contributed by atoms with E-state index >= 15 is 0 Å². The lowest BCUT2D eigenvalue weighted by Gasteiger charge is -2.30. The average molecular weight is 229 g/mol. The smallest absolute Gasteiger partial charge is 0.237 e. The molecule has 0 rings (SSSR count).